The summed E-state index contributed by atoms with van der Waals surface area (Å²) in [5, 5.41) is 0. The van der Waals surface area contributed by atoms with Gasteiger partial charge in [0.15, 0.2) is 0 Å². The van der Waals surface area contributed by atoms with E-state index < -0.39 is 0 Å². The van der Waals surface area contributed by atoms with Crippen molar-refractivity contribution in [1.29, 1.82) is 0 Å². The molecule has 290 valence electrons. The normalized spacial score (nSPS) is 20.9. The molecule has 4 aliphatic rings. The Kier molecular flexibility index (Phi) is 20.0. The third kappa shape index (κ3) is 12.5. The van der Waals surface area contributed by atoms with Crippen LogP contribution in [0.25, 0.3) is 0 Å². The molecule has 0 aromatic heterocycles. The van der Waals surface area contributed by atoms with Gasteiger partial charge in [0, 0.05) is 10.8 Å². The van der Waals surface area contributed by atoms with E-state index in [4.69, 9.17) is 0 Å². The van der Waals surface area contributed by atoms with E-state index in [-0.39, 0.29) is 10.8 Å². The minimum absolute atomic E-state index is 0.0215. The highest BCUT2D eigenvalue weighted by molar-refractivity contribution is 5.65. The van der Waals surface area contributed by atoms with Crippen molar-refractivity contribution in [3.63, 3.8) is 0 Å². The molecular weight excluding hydrogens is 661 g/mol. The van der Waals surface area contributed by atoms with Crippen molar-refractivity contribution in [3.8, 4) is 0 Å². The molecule has 0 saturated heterocycles. The van der Waals surface area contributed by atoms with Crippen molar-refractivity contribution in [2.75, 3.05) is 0 Å². The number of fused-ring (bicyclic) bond motifs is 1. The fourth-order valence-corrected chi connectivity index (χ4v) is 7.34. The van der Waals surface area contributed by atoms with Gasteiger partial charge in [-0.2, -0.15) is 0 Å². The van der Waals surface area contributed by atoms with Gasteiger partial charge in [-0.15, -0.1) is 0 Å². The molecule has 0 fully saturated rings. The predicted molar refractivity (Wildman–Crippen MR) is 248 cm³/mol. The zero-order valence-electron chi connectivity index (χ0n) is 36.0. The summed E-state index contributed by atoms with van der Waals surface area (Å²) in [6, 6.07) is 19.4. The molecule has 0 amide bonds. The summed E-state index contributed by atoms with van der Waals surface area (Å²) < 4.78 is 0. The Labute approximate surface area is 337 Å². The molecule has 0 heterocycles. The van der Waals surface area contributed by atoms with Crippen LogP contribution < -0.4 is 0 Å². The third-order valence-corrected chi connectivity index (χ3v) is 10.7. The molecule has 2 unspecified atom stereocenters. The van der Waals surface area contributed by atoms with E-state index in [2.05, 4.69) is 215 Å². The molecule has 2 atom stereocenters. The van der Waals surface area contributed by atoms with E-state index in [1.165, 1.54) is 56.5 Å². The second-order valence-corrected chi connectivity index (χ2v) is 14.8. The lowest BCUT2D eigenvalue weighted by atomic mass is 9.70. The largest absolute Gasteiger partial charge is 0.0991 e. The number of hydrogen-bond donors (Lipinski definition) is 0. The van der Waals surface area contributed by atoms with E-state index >= 15 is 0 Å². The van der Waals surface area contributed by atoms with Gasteiger partial charge in [0.25, 0.3) is 0 Å². The smallest absolute Gasteiger partial charge is 0.0420 e. The first kappa shape index (κ1) is 46.2. The number of hydrogen-bond acceptors (Lipinski definition) is 0. The Morgan fingerprint density at radius 1 is 0.836 bits per heavy atom. The number of benzene rings is 2. The molecule has 0 saturated carbocycles. The molecule has 0 bridgehead atoms. The Bertz CT molecular complexity index is 1870. The highest BCUT2D eigenvalue weighted by atomic mass is 14.4. The molecule has 0 radical (unpaired) electrons. The number of allylic oxidation sites excluding steroid dienone is 23. The summed E-state index contributed by atoms with van der Waals surface area (Å²) in [5.74, 6) is 0.497. The van der Waals surface area contributed by atoms with Crippen LogP contribution in [0, 0.1) is 11.3 Å². The minimum Gasteiger partial charge on any atom is -0.0991 e. The highest BCUT2D eigenvalue weighted by Crippen LogP contribution is 2.52. The summed E-state index contributed by atoms with van der Waals surface area (Å²) in [5.41, 5.74) is 13.6. The van der Waals surface area contributed by atoms with Crippen molar-refractivity contribution in [2.24, 2.45) is 11.3 Å². The topological polar surface area (TPSA) is 0 Å². The first-order chi connectivity index (χ1) is 26.5. The van der Waals surface area contributed by atoms with Crippen LogP contribution in [0.1, 0.15) is 105 Å². The highest BCUT2D eigenvalue weighted by Gasteiger charge is 2.38. The SMILES string of the molecule is C1=CCC=C1.C=C/C=C(/C)C(C)CC1=C(/C=C/C)C(C)(C)C(=C/C=C)/C1=C\C.C=C1C=CCc2ccccc2C1(C)c1ccccc1.CC.CC1=CC=CC1. The zero-order chi connectivity index (χ0) is 40.9. The van der Waals surface area contributed by atoms with Crippen molar-refractivity contribution in [2.45, 2.75) is 100 Å². The average Bonchev–Trinajstić information content (AvgIpc) is 3.97. The summed E-state index contributed by atoms with van der Waals surface area (Å²) in [7, 11) is 0. The standard InChI is InChI=1S/C23H32.C19H18.C6H8.C5H6.C2H6/c1-9-13-17(5)18(6)16-20-19(12-4)21(14-10-2)23(7,8)22(20)15-11-3;1-15-9-8-11-16-10-6-7-14-18(16)19(15,2)17-12-4-3-5-13-17;1-6-4-2-3-5-6;1-2-4-5-3-1;1-2/h9-15,18H,1-2,16H2,3-8H3;3-10,12-14H,1,11H2,2H3;2-4H,5H2,1H3;1-4H,5H2;1-2H3/b15-11+,17-13-,19-12-,21-14+;;;;. The molecule has 6 rings (SSSR count). The predicted octanol–water partition coefficient (Wildman–Crippen LogP) is 16.2. The first-order valence-electron chi connectivity index (χ1n) is 20.3. The molecule has 4 aliphatic carbocycles. The molecular formula is C55H70. The van der Waals surface area contributed by atoms with Gasteiger partial charge in [-0.3, -0.25) is 0 Å². The Balaban J connectivity index is 0.000000288. The molecule has 0 nitrogen and oxygen atoms in total. The maximum absolute atomic E-state index is 4.32. The monoisotopic (exact) mass is 731 g/mol. The lowest BCUT2D eigenvalue weighted by Crippen LogP contribution is -2.25. The van der Waals surface area contributed by atoms with Gasteiger partial charge in [0.05, 0.1) is 0 Å². The van der Waals surface area contributed by atoms with Crippen molar-refractivity contribution in [1.82, 2.24) is 0 Å². The lowest BCUT2D eigenvalue weighted by molar-refractivity contribution is 0.575. The molecule has 2 aromatic carbocycles. The van der Waals surface area contributed by atoms with Crippen LogP contribution in [0.3, 0.4) is 0 Å². The van der Waals surface area contributed by atoms with Gasteiger partial charge >= 0.3 is 0 Å². The molecule has 0 aliphatic heterocycles. The second kappa shape index (κ2) is 23.8. The van der Waals surface area contributed by atoms with Crippen LogP contribution in [0.5, 0.6) is 0 Å². The van der Waals surface area contributed by atoms with Crippen molar-refractivity contribution in [3.05, 3.63) is 227 Å². The number of rotatable bonds is 7. The van der Waals surface area contributed by atoms with E-state index in [1.54, 1.807) is 0 Å². The Morgan fingerprint density at radius 2 is 1.49 bits per heavy atom. The Morgan fingerprint density at radius 3 is 2.00 bits per heavy atom. The van der Waals surface area contributed by atoms with Gasteiger partial charge in [0.1, 0.15) is 0 Å². The maximum Gasteiger partial charge on any atom is 0.0420 e. The minimum atomic E-state index is -0.134. The van der Waals surface area contributed by atoms with E-state index in [1.807, 2.05) is 26.0 Å². The summed E-state index contributed by atoms with van der Waals surface area (Å²) in [4.78, 5) is 0. The molecule has 55 heavy (non-hydrogen) atoms. The second-order valence-electron chi connectivity index (χ2n) is 14.8. The zero-order valence-corrected chi connectivity index (χ0v) is 36.0. The molecule has 0 N–H and O–H groups in total. The van der Waals surface area contributed by atoms with Crippen LogP contribution in [-0.4, -0.2) is 0 Å². The van der Waals surface area contributed by atoms with Gasteiger partial charge < -0.3 is 0 Å². The summed E-state index contributed by atoms with van der Waals surface area (Å²) >= 11 is 0. The van der Waals surface area contributed by atoms with Crippen LogP contribution in [-0.2, 0) is 11.8 Å². The Hall–Kier alpha value is -4.94. The van der Waals surface area contributed by atoms with Gasteiger partial charge in [-0.1, -0.05) is 217 Å². The summed E-state index contributed by atoms with van der Waals surface area (Å²) in [6.07, 6.45) is 38.2. The summed E-state index contributed by atoms with van der Waals surface area (Å²) in [6.45, 7) is 33.8. The molecule has 2 aromatic rings. The molecule has 0 heteroatoms. The van der Waals surface area contributed by atoms with E-state index in [9.17, 15) is 0 Å². The average molecular weight is 731 g/mol. The van der Waals surface area contributed by atoms with Crippen LogP contribution in [0.4, 0.5) is 0 Å². The van der Waals surface area contributed by atoms with Gasteiger partial charge in [-0.25, -0.2) is 0 Å². The third-order valence-electron chi connectivity index (χ3n) is 10.7. The lowest BCUT2D eigenvalue weighted by Gasteiger charge is -2.32. The van der Waals surface area contributed by atoms with Crippen LogP contribution >= 0.6 is 0 Å². The van der Waals surface area contributed by atoms with Crippen LogP contribution in [0.15, 0.2) is 211 Å². The van der Waals surface area contributed by atoms with Crippen molar-refractivity contribution >= 4 is 0 Å². The van der Waals surface area contributed by atoms with E-state index in [0.717, 1.165) is 24.8 Å². The fourth-order valence-electron chi connectivity index (χ4n) is 7.34. The quantitative estimate of drug-likeness (QED) is 0.249. The van der Waals surface area contributed by atoms with Crippen LogP contribution in [0.2, 0.25) is 0 Å². The molecule has 0 spiro atoms. The van der Waals surface area contributed by atoms with Crippen molar-refractivity contribution < 1.29 is 0 Å². The maximum atomic E-state index is 4.32. The van der Waals surface area contributed by atoms with Gasteiger partial charge in [-0.05, 0) is 111 Å². The van der Waals surface area contributed by atoms with Gasteiger partial charge in [0.2, 0.25) is 0 Å². The van der Waals surface area contributed by atoms with E-state index in [0.29, 0.717) is 5.92 Å². The first-order valence-corrected chi connectivity index (χ1v) is 20.3. The fraction of sp³-hybridized carbons (Fsp3) is 0.309.